The fourth-order valence-electron chi connectivity index (χ4n) is 4.06. The maximum atomic E-state index is 13.8. The van der Waals surface area contributed by atoms with Crippen molar-refractivity contribution in [3.63, 3.8) is 0 Å². The van der Waals surface area contributed by atoms with Gasteiger partial charge in [-0.05, 0) is 31.2 Å². The van der Waals surface area contributed by atoms with Crippen LogP contribution in [0.4, 0.5) is 17.6 Å². The molecule has 1 N–H and O–H groups in total. The van der Waals surface area contributed by atoms with Crippen LogP contribution in [0.3, 0.4) is 0 Å². The van der Waals surface area contributed by atoms with E-state index in [2.05, 4.69) is 0 Å². The Bertz CT molecular complexity index is 895. The molecule has 11 heteroatoms. The number of hydrogen-bond acceptors (Lipinski definition) is 5. The summed E-state index contributed by atoms with van der Waals surface area (Å²) in [6.45, 7) is 2.79. The monoisotopic (exact) mass is 467 g/mol. The first-order chi connectivity index (χ1) is 14.4. The Labute approximate surface area is 178 Å². The molecule has 1 saturated carbocycles. The van der Waals surface area contributed by atoms with E-state index >= 15 is 0 Å². The van der Waals surface area contributed by atoms with Gasteiger partial charge < -0.3 is 9.84 Å². The molecule has 0 amide bonds. The Balaban J connectivity index is 0.000000339. The van der Waals surface area contributed by atoms with Crippen LogP contribution in [0.5, 0.6) is 0 Å². The Morgan fingerprint density at radius 2 is 1.77 bits per heavy atom. The highest BCUT2D eigenvalue weighted by molar-refractivity contribution is 7.93. The molecule has 2 heterocycles. The van der Waals surface area contributed by atoms with Gasteiger partial charge in [0.1, 0.15) is 10.6 Å². The molecule has 2 saturated heterocycles. The molecule has 174 valence electrons. The third kappa shape index (κ3) is 5.56. The van der Waals surface area contributed by atoms with Gasteiger partial charge in [0, 0.05) is 37.7 Å². The summed E-state index contributed by atoms with van der Waals surface area (Å²) in [5, 5.41) is 7.12. The fraction of sp³-hybridized carbons (Fsp3) is 0.650. The van der Waals surface area contributed by atoms with E-state index in [0.29, 0.717) is 44.1 Å². The van der Waals surface area contributed by atoms with Crippen molar-refractivity contribution < 1.29 is 40.6 Å². The van der Waals surface area contributed by atoms with Crippen molar-refractivity contribution in [2.45, 2.75) is 36.7 Å². The lowest BCUT2D eigenvalue weighted by molar-refractivity contribution is -0.192. The molecule has 31 heavy (non-hydrogen) atoms. The number of ether oxygens (including phenoxy) is 1. The van der Waals surface area contributed by atoms with E-state index in [1.165, 1.54) is 18.9 Å². The van der Waals surface area contributed by atoms with Crippen LogP contribution in [0.1, 0.15) is 24.8 Å². The molecule has 1 unspecified atom stereocenters. The number of carboxylic acid groups (broad SMARTS) is 1. The molecule has 1 aliphatic carbocycles. The Morgan fingerprint density at radius 1 is 1.16 bits per heavy atom. The van der Waals surface area contributed by atoms with Crippen molar-refractivity contribution in [3.05, 3.63) is 35.6 Å². The number of nitrogens with zero attached hydrogens (tertiary/aromatic N) is 1. The van der Waals surface area contributed by atoms with Crippen LogP contribution >= 0.6 is 0 Å². The van der Waals surface area contributed by atoms with E-state index in [-0.39, 0.29) is 17.5 Å². The number of sulfone groups is 1. The smallest absolute Gasteiger partial charge is 0.475 e. The second kappa shape index (κ2) is 9.03. The lowest BCUT2D eigenvalue weighted by Crippen LogP contribution is -2.67. The van der Waals surface area contributed by atoms with Crippen molar-refractivity contribution in [3.8, 4) is 0 Å². The van der Waals surface area contributed by atoms with Crippen molar-refractivity contribution >= 4 is 15.8 Å². The molecule has 1 spiro atoms. The summed E-state index contributed by atoms with van der Waals surface area (Å²) in [6.07, 6.45) is -1.91. The van der Waals surface area contributed by atoms with Crippen LogP contribution in [-0.4, -0.2) is 67.4 Å². The second-order valence-corrected chi connectivity index (χ2v) is 10.8. The highest BCUT2D eigenvalue weighted by Crippen LogP contribution is 2.45. The normalized spacial score (nSPS) is 24.3. The molecule has 4 rings (SSSR count). The molecule has 1 aromatic carbocycles. The molecule has 0 radical (unpaired) electrons. The van der Waals surface area contributed by atoms with Gasteiger partial charge in [-0.1, -0.05) is 18.2 Å². The molecular weight excluding hydrogens is 442 g/mol. The van der Waals surface area contributed by atoms with E-state index < -0.39 is 26.7 Å². The minimum Gasteiger partial charge on any atom is -0.475 e. The molecule has 1 aromatic rings. The van der Waals surface area contributed by atoms with E-state index in [1.54, 1.807) is 12.1 Å². The summed E-state index contributed by atoms with van der Waals surface area (Å²) in [5.74, 6) is -1.95. The van der Waals surface area contributed by atoms with Crippen molar-refractivity contribution in [2.24, 2.45) is 11.8 Å². The number of benzene rings is 1. The van der Waals surface area contributed by atoms with Crippen LogP contribution in [0.2, 0.25) is 0 Å². The van der Waals surface area contributed by atoms with Gasteiger partial charge in [-0.3, -0.25) is 4.90 Å². The zero-order valence-corrected chi connectivity index (χ0v) is 17.6. The lowest BCUT2D eigenvalue weighted by Gasteiger charge is -2.50. The summed E-state index contributed by atoms with van der Waals surface area (Å²) in [4.78, 5) is 10.9. The number of carboxylic acids is 1. The van der Waals surface area contributed by atoms with Crippen molar-refractivity contribution in [1.29, 1.82) is 0 Å². The third-order valence-corrected chi connectivity index (χ3v) is 8.65. The Morgan fingerprint density at radius 3 is 2.32 bits per heavy atom. The predicted octanol–water partition coefficient (Wildman–Crippen LogP) is 2.87. The van der Waals surface area contributed by atoms with Crippen LogP contribution in [0, 0.1) is 17.7 Å². The number of hydrogen-bond donors (Lipinski definition) is 1. The zero-order chi connectivity index (χ0) is 22.9. The number of alkyl halides is 3. The SMILES string of the molecule is O=C(O)C(F)(F)F.O=S1(=O)CCC(COCC2CC2)C12CN(Cc1ccccc1F)C2. The average molecular weight is 467 g/mol. The minimum absolute atomic E-state index is 0.0816. The number of carbonyl (C=O) groups is 1. The van der Waals surface area contributed by atoms with Crippen LogP contribution < -0.4 is 0 Å². The van der Waals surface area contributed by atoms with Crippen LogP contribution in [0.25, 0.3) is 0 Å². The number of aliphatic carboxylic acids is 1. The highest BCUT2D eigenvalue weighted by atomic mass is 32.2. The van der Waals surface area contributed by atoms with Gasteiger partial charge >= 0.3 is 12.1 Å². The Hall–Kier alpha value is -1.72. The van der Waals surface area contributed by atoms with Gasteiger partial charge in [0.25, 0.3) is 0 Å². The molecule has 0 bridgehead atoms. The van der Waals surface area contributed by atoms with E-state index in [1.807, 2.05) is 11.0 Å². The molecule has 6 nitrogen and oxygen atoms in total. The summed E-state index contributed by atoms with van der Waals surface area (Å²) >= 11 is 0. The van der Waals surface area contributed by atoms with Crippen molar-refractivity contribution in [1.82, 2.24) is 4.90 Å². The van der Waals surface area contributed by atoms with Gasteiger partial charge in [-0.2, -0.15) is 13.2 Å². The summed E-state index contributed by atoms with van der Waals surface area (Å²) < 4.78 is 75.8. The van der Waals surface area contributed by atoms with Crippen LogP contribution in [0.15, 0.2) is 24.3 Å². The van der Waals surface area contributed by atoms with E-state index in [0.717, 1.165) is 6.61 Å². The van der Waals surface area contributed by atoms with Gasteiger partial charge in [0.05, 0.1) is 12.4 Å². The average Bonchev–Trinajstić information content (AvgIpc) is 3.42. The standard InChI is InChI=1S/C18H24FNO3S.C2HF3O2/c19-17-4-2-1-3-15(17)9-20-12-18(13-20)16(7-8-24(18,21)22)11-23-10-14-5-6-14;3-2(4,5)1(6)7/h1-4,14,16H,5-13H2;(H,6,7). The minimum atomic E-state index is -5.08. The number of rotatable bonds is 6. The lowest BCUT2D eigenvalue weighted by atomic mass is 9.83. The molecular formula is C20H25F4NO5S. The van der Waals surface area contributed by atoms with Gasteiger partial charge in [-0.15, -0.1) is 0 Å². The first-order valence-electron chi connectivity index (χ1n) is 10.0. The quantitative estimate of drug-likeness (QED) is 0.648. The summed E-state index contributed by atoms with van der Waals surface area (Å²) in [6, 6.07) is 6.70. The van der Waals surface area contributed by atoms with Crippen LogP contribution in [-0.2, 0) is 25.9 Å². The molecule has 3 fully saturated rings. The van der Waals surface area contributed by atoms with E-state index in [9.17, 15) is 26.0 Å². The van der Waals surface area contributed by atoms with Gasteiger partial charge in [0.2, 0.25) is 0 Å². The number of likely N-dealkylation sites (tertiary alicyclic amines) is 1. The molecule has 1 atom stereocenters. The largest absolute Gasteiger partial charge is 0.490 e. The Kier molecular flexibility index (Phi) is 6.97. The summed E-state index contributed by atoms with van der Waals surface area (Å²) in [5.41, 5.74) is 0.629. The van der Waals surface area contributed by atoms with E-state index in [4.69, 9.17) is 14.6 Å². The molecule has 3 aliphatic rings. The zero-order valence-electron chi connectivity index (χ0n) is 16.8. The molecule has 2 aliphatic heterocycles. The predicted molar refractivity (Wildman–Crippen MR) is 104 cm³/mol. The molecule has 0 aromatic heterocycles. The summed E-state index contributed by atoms with van der Waals surface area (Å²) in [7, 11) is -3.08. The highest BCUT2D eigenvalue weighted by Gasteiger charge is 2.61. The maximum absolute atomic E-state index is 13.8. The fourth-order valence-corrected chi connectivity index (χ4v) is 6.51. The second-order valence-electron chi connectivity index (χ2n) is 8.39. The first-order valence-corrected chi connectivity index (χ1v) is 11.7. The first kappa shape index (κ1) is 23.9. The van der Waals surface area contributed by atoms with Gasteiger partial charge in [-0.25, -0.2) is 17.6 Å². The third-order valence-electron chi connectivity index (χ3n) is 6.04. The topological polar surface area (TPSA) is 83.9 Å². The maximum Gasteiger partial charge on any atom is 0.490 e. The van der Waals surface area contributed by atoms with Crippen molar-refractivity contribution in [2.75, 3.05) is 32.1 Å². The number of halogens is 4. The van der Waals surface area contributed by atoms with Gasteiger partial charge in [0.15, 0.2) is 9.84 Å².